The molecule has 3 unspecified atom stereocenters. The Balaban J connectivity index is 1.74. The van der Waals surface area contributed by atoms with Gasteiger partial charge in [0.25, 0.3) is 11.8 Å². The van der Waals surface area contributed by atoms with Crippen LogP contribution in [0.15, 0.2) is 23.3 Å². The molecule has 18 heavy (non-hydrogen) atoms. The Morgan fingerprint density at radius 2 is 2.06 bits per heavy atom. The predicted octanol–water partition coefficient (Wildman–Crippen LogP) is 2.32. The van der Waals surface area contributed by atoms with Gasteiger partial charge in [-0.15, -0.1) is 0 Å². The number of imide groups is 1. The molecule has 0 spiro atoms. The molecule has 96 valence electrons. The van der Waals surface area contributed by atoms with Gasteiger partial charge in [-0.3, -0.25) is 14.5 Å². The first-order valence-corrected chi connectivity index (χ1v) is 7.94. The Morgan fingerprint density at radius 3 is 2.56 bits per heavy atom. The van der Waals surface area contributed by atoms with Crippen LogP contribution in [0.25, 0.3) is 0 Å². The molecule has 0 aromatic carbocycles. The molecule has 1 aliphatic heterocycles. The van der Waals surface area contributed by atoms with Crippen LogP contribution in [0.4, 0.5) is 0 Å². The van der Waals surface area contributed by atoms with Crippen molar-refractivity contribution in [1.29, 1.82) is 0 Å². The fourth-order valence-electron chi connectivity index (χ4n) is 3.41. The van der Waals surface area contributed by atoms with E-state index in [1.165, 1.54) is 11.3 Å². The number of carbonyl (C=O) groups excluding carboxylic acids is 2. The number of rotatable bonds is 3. The Kier molecular flexibility index (Phi) is 3.08. The van der Waals surface area contributed by atoms with Crippen LogP contribution in [0.3, 0.4) is 0 Å². The second-order valence-electron chi connectivity index (χ2n) is 5.50. The highest BCUT2D eigenvalue weighted by Gasteiger charge is 2.41. The summed E-state index contributed by atoms with van der Waals surface area (Å²) in [5.41, 5.74) is 1.34. The van der Waals surface area contributed by atoms with Crippen LogP contribution in [0.1, 0.15) is 19.8 Å². The predicted molar refractivity (Wildman–Crippen MR) is 77.2 cm³/mol. The Hall–Kier alpha value is -0.650. The maximum atomic E-state index is 12.2. The molecule has 1 heterocycles. The number of hydrogen-bond acceptors (Lipinski definition) is 2. The molecule has 3 atom stereocenters. The van der Waals surface area contributed by atoms with Crippen LogP contribution in [0.2, 0.25) is 0 Å². The first-order chi connectivity index (χ1) is 8.61. The summed E-state index contributed by atoms with van der Waals surface area (Å²) >= 11 is 2.15. The van der Waals surface area contributed by atoms with Gasteiger partial charge in [-0.2, -0.15) is 0 Å². The van der Waals surface area contributed by atoms with E-state index < -0.39 is 0 Å². The van der Waals surface area contributed by atoms with Gasteiger partial charge in [-0.1, -0.05) is 34.7 Å². The Bertz CT molecular complexity index is 480. The van der Waals surface area contributed by atoms with E-state index >= 15 is 0 Å². The lowest BCUT2D eigenvalue weighted by Gasteiger charge is -2.24. The van der Waals surface area contributed by atoms with Crippen molar-refractivity contribution in [2.45, 2.75) is 19.8 Å². The van der Waals surface area contributed by atoms with Crippen molar-refractivity contribution in [2.24, 2.45) is 17.8 Å². The third kappa shape index (κ3) is 1.76. The second-order valence-corrected chi connectivity index (χ2v) is 6.26. The molecule has 0 saturated heterocycles. The highest BCUT2D eigenvalue weighted by molar-refractivity contribution is 14.1. The van der Waals surface area contributed by atoms with Crippen molar-refractivity contribution in [3.63, 3.8) is 0 Å². The molecule has 1 saturated carbocycles. The number of allylic oxidation sites excluding steroid dienone is 2. The third-order valence-corrected chi connectivity index (χ3v) is 5.25. The monoisotopic (exact) mass is 357 g/mol. The van der Waals surface area contributed by atoms with E-state index in [-0.39, 0.29) is 11.8 Å². The maximum Gasteiger partial charge on any atom is 0.257 e. The smallest absolute Gasteiger partial charge is 0.257 e. The Labute approximate surface area is 120 Å². The molecule has 0 N–H and O–H groups in total. The van der Waals surface area contributed by atoms with E-state index in [4.69, 9.17) is 0 Å². The number of halogens is 1. The van der Waals surface area contributed by atoms with E-state index in [9.17, 15) is 9.59 Å². The molecule has 0 aromatic heterocycles. The zero-order chi connectivity index (χ0) is 12.9. The molecule has 2 amide bonds. The molecule has 1 fully saturated rings. The van der Waals surface area contributed by atoms with Gasteiger partial charge in [0.05, 0.1) is 0 Å². The average Bonchev–Trinajstić information content (AvgIpc) is 3.01. The average molecular weight is 357 g/mol. The van der Waals surface area contributed by atoms with Gasteiger partial charge in [-0.25, -0.2) is 0 Å². The molecule has 2 aliphatic carbocycles. The van der Waals surface area contributed by atoms with Gasteiger partial charge in [0, 0.05) is 22.1 Å². The first kappa shape index (κ1) is 12.4. The summed E-state index contributed by atoms with van der Waals surface area (Å²) in [6.07, 6.45) is 6.90. The maximum absolute atomic E-state index is 12.2. The van der Waals surface area contributed by atoms with Gasteiger partial charge in [0.2, 0.25) is 0 Å². The molecular formula is C14H16INO2. The van der Waals surface area contributed by atoms with Crippen molar-refractivity contribution >= 4 is 34.4 Å². The summed E-state index contributed by atoms with van der Waals surface area (Å²) in [4.78, 5) is 25.8. The summed E-state index contributed by atoms with van der Waals surface area (Å²) in [6.45, 7) is 2.38. The molecular weight excluding hydrogens is 341 g/mol. The quantitative estimate of drug-likeness (QED) is 0.337. The summed E-state index contributed by atoms with van der Waals surface area (Å²) in [6, 6.07) is 0. The second kappa shape index (κ2) is 4.47. The molecule has 0 aromatic rings. The Morgan fingerprint density at radius 1 is 1.28 bits per heavy atom. The molecule has 3 rings (SSSR count). The van der Waals surface area contributed by atoms with Crippen LogP contribution in [-0.4, -0.2) is 27.7 Å². The van der Waals surface area contributed by atoms with E-state index in [0.717, 1.165) is 6.42 Å². The van der Waals surface area contributed by atoms with E-state index in [1.807, 2.05) is 0 Å². The summed E-state index contributed by atoms with van der Waals surface area (Å²) in [7, 11) is 0. The largest absolute Gasteiger partial charge is 0.275 e. The minimum Gasteiger partial charge on any atom is -0.275 e. The van der Waals surface area contributed by atoms with Crippen LogP contribution < -0.4 is 0 Å². The molecule has 3 aliphatic rings. The van der Waals surface area contributed by atoms with Gasteiger partial charge < -0.3 is 0 Å². The van der Waals surface area contributed by atoms with E-state index in [2.05, 4.69) is 34.7 Å². The van der Waals surface area contributed by atoms with Crippen molar-refractivity contribution in [1.82, 2.24) is 4.90 Å². The third-order valence-electron chi connectivity index (χ3n) is 4.49. The van der Waals surface area contributed by atoms with Gasteiger partial charge in [0.1, 0.15) is 0 Å². The number of fused-ring (bicyclic) bond motifs is 2. The van der Waals surface area contributed by atoms with Crippen LogP contribution in [0, 0.1) is 17.8 Å². The molecule has 3 nitrogen and oxygen atoms in total. The number of hydrogen-bond donors (Lipinski definition) is 0. The lowest BCUT2D eigenvalue weighted by Crippen LogP contribution is -2.37. The van der Waals surface area contributed by atoms with Crippen molar-refractivity contribution in [3.8, 4) is 0 Å². The topological polar surface area (TPSA) is 37.4 Å². The van der Waals surface area contributed by atoms with Crippen molar-refractivity contribution in [2.75, 3.05) is 11.0 Å². The van der Waals surface area contributed by atoms with E-state index in [0.29, 0.717) is 39.9 Å². The van der Waals surface area contributed by atoms with Gasteiger partial charge in [0.15, 0.2) is 0 Å². The van der Waals surface area contributed by atoms with E-state index in [1.54, 1.807) is 6.92 Å². The highest BCUT2D eigenvalue weighted by Crippen LogP contribution is 2.44. The lowest BCUT2D eigenvalue weighted by atomic mass is 9.93. The number of alkyl halides is 1. The fourth-order valence-corrected chi connectivity index (χ4v) is 4.31. The SMILES string of the molecule is CC1=C(CI)C(=O)N(CC2CC3C=CC2C3)C1=O. The number of carbonyl (C=O) groups is 2. The van der Waals surface area contributed by atoms with Crippen molar-refractivity contribution < 1.29 is 9.59 Å². The van der Waals surface area contributed by atoms with Crippen LogP contribution >= 0.6 is 22.6 Å². The van der Waals surface area contributed by atoms with Crippen LogP contribution in [0.5, 0.6) is 0 Å². The minimum atomic E-state index is -0.0709. The van der Waals surface area contributed by atoms with Gasteiger partial charge >= 0.3 is 0 Å². The number of amides is 2. The molecule has 0 radical (unpaired) electrons. The zero-order valence-electron chi connectivity index (χ0n) is 10.4. The minimum absolute atomic E-state index is 0.0568. The zero-order valence-corrected chi connectivity index (χ0v) is 12.5. The summed E-state index contributed by atoms with van der Waals surface area (Å²) in [5.74, 6) is 1.62. The standard InChI is InChI=1S/C14H16INO2/c1-8-12(6-15)14(18)16(13(8)17)7-11-5-9-2-3-10(11)4-9/h2-3,9-11H,4-7H2,1H3. The fraction of sp³-hybridized carbons (Fsp3) is 0.571. The highest BCUT2D eigenvalue weighted by atomic mass is 127. The van der Waals surface area contributed by atoms with Gasteiger partial charge in [-0.05, 0) is 37.5 Å². The molecule has 4 heteroatoms. The summed E-state index contributed by atoms with van der Waals surface area (Å²) < 4.78 is 0.626. The molecule has 2 bridgehead atoms. The summed E-state index contributed by atoms with van der Waals surface area (Å²) in [5, 5.41) is 0. The first-order valence-electron chi connectivity index (χ1n) is 6.42. The lowest BCUT2D eigenvalue weighted by molar-refractivity contribution is -0.138. The normalized spacial score (nSPS) is 34.3. The van der Waals surface area contributed by atoms with Crippen LogP contribution in [-0.2, 0) is 9.59 Å². The number of nitrogens with zero attached hydrogens (tertiary/aromatic N) is 1. The van der Waals surface area contributed by atoms with Crippen molar-refractivity contribution in [3.05, 3.63) is 23.3 Å².